The molecule has 2 aliphatic heterocycles. The first-order chi connectivity index (χ1) is 14.1. The average molecular weight is 393 g/mol. The molecule has 6 nitrogen and oxygen atoms in total. The van der Waals surface area contributed by atoms with E-state index in [-0.39, 0.29) is 11.8 Å². The molecule has 0 saturated carbocycles. The maximum absolute atomic E-state index is 12.7. The van der Waals surface area contributed by atoms with Gasteiger partial charge in [0.25, 0.3) is 5.91 Å². The fourth-order valence-corrected chi connectivity index (χ4v) is 4.25. The lowest BCUT2D eigenvalue weighted by atomic mass is 9.90. The Morgan fingerprint density at radius 1 is 1.10 bits per heavy atom. The number of nitrogens with one attached hydrogen (secondary N) is 1. The third-order valence-electron chi connectivity index (χ3n) is 5.78. The van der Waals surface area contributed by atoms with Crippen LogP contribution < -0.4 is 20.7 Å². The standard InChI is InChI=1S/C23H27N3O3/c24-23(28)19-15-17(26-11-4-1-5-12-26)8-9-20(19)25-22(27)14-16-10-13-29-21-7-3-2-6-18(16)21/h2-3,6-9,15-16H,1,4-5,10-14H2,(H2,24,28)(H,25,27). The van der Waals surface area contributed by atoms with Gasteiger partial charge in [-0.25, -0.2) is 0 Å². The van der Waals surface area contributed by atoms with E-state index < -0.39 is 5.91 Å². The van der Waals surface area contributed by atoms with E-state index in [1.807, 2.05) is 30.3 Å². The first kappa shape index (κ1) is 19.3. The maximum Gasteiger partial charge on any atom is 0.250 e. The molecule has 1 atom stereocenters. The van der Waals surface area contributed by atoms with Crippen molar-refractivity contribution in [1.82, 2.24) is 0 Å². The Bertz CT molecular complexity index is 906. The predicted octanol–water partition coefficient (Wildman–Crippen LogP) is 3.67. The number of carbonyl (C=O) groups excluding carboxylic acids is 2. The molecule has 1 saturated heterocycles. The van der Waals surface area contributed by atoms with Crippen molar-refractivity contribution in [3.8, 4) is 5.75 Å². The number of carbonyl (C=O) groups is 2. The zero-order valence-corrected chi connectivity index (χ0v) is 16.5. The molecule has 4 rings (SSSR count). The number of amides is 2. The monoisotopic (exact) mass is 393 g/mol. The lowest BCUT2D eigenvalue weighted by Gasteiger charge is -2.29. The van der Waals surface area contributed by atoms with Crippen LogP contribution in [0, 0.1) is 0 Å². The van der Waals surface area contributed by atoms with Crippen molar-refractivity contribution in [3.63, 3.8) is 0 Å². The van der Waals surface area contributed by atoms with Gasteiger partial charge >= 0.3 is 0 Å². The summed E-state index contributed by atoms with van der Waals surface area (Å²) in [5.74, 6) is 0.292. The highest BCUT2D eigenvalue weighted by Crippen LogP contribution is 2.35. The Hall–Kier alpha value is -3.02. The number of piperidine rings is 1. The van der Waals surface area contributed by atoms with Gasteiger partial charge in [0.1, 0.15) is 5.75 Å². The van der Waals surface area contributed by atoms with Crippen molar-refractivity contribution in [3.05, 3.63) is 53.6 Å². The minimum atomic E-state index is -0.532. The third-order valence-corrected chi connectivity index (χ3v) is 5.78. The third kappa shape index (κ3) is 4.36. The van der Waals surface area contributed by atoms with Gasteiger partial charge in [0.15, 0.2) is 0 Å². The molecule has 1 fully saturated rings. The molecular weight excluding hydrogens is 366 g/mol. The summed E-state index contributed by atoms with van der Waals surface area (Å²) in [6.07, 6.45) is 4.67. The van der Waals surface area contributed by atoms with Crippen LogP contribution in [-0.2, 0) is 4.79 Å². The molecule has 0 aliphatic carbocycles. The van der Waals surface area contributed by atoms with Gasteiger partial charge in [0.2, 0.25) is 5.91 Å². The first-order valence-corrected chi connectivity index (χ1v) is 10.3. The normalized spacial score (nSPS) is 18.5. The summed E-state index contributed by atoms with van der Waals surface area (Å²) in [4.78, 5) is 27.0. The number of fused-ring (bicyclic) bond motifs is 1. The summed E-state index contributed by atoms with van der Waals surface area (Å²) in [6.45, 7) is 2.56. The molecule has 6 heteroatoms. The van der Waals surface area contributed by atoms with Gasteiger partial charge in [-0.2, -0.15) is 0 Å². The van der Waals surface area contributed by atoms with E-state index in [0.717, 1.165) is 49.4 Å². The van der Waals surface area contributed by atoms with Gasteiger partial charge in [0.05, 0.1) is 17.9 Å². The van der Waals surface area contributed by atoms with Crippen LogP contribution in [0.1, 0.15) is 53.9 Å². The van der Waals surface area contributed by atoms with Gasteiger partial charge < -0.3 is 20.7 Å². The quantitative estimate of drug-likeness (QED) is 0.812. The molecule has 2 aromatic rings. The lowest BCUT2D eigenvalue weighted by Crippen LogP contribution is -2.30. The van der Waals surface area contributed by atoms with Crippen LogP contribution in [0.3, 0.4) is 0 Å². The van der Waals surface area contributed by atoms with E-state index in [1.165, 1.54) is 6.42 Å². The van der Waals surface area contributed by atoms with E-state index in [9.17, 15) is 9.59 Å². The number of primary amides is 1. The highest BCUT2D eigenvalue weighted by Gasteiger charge is 2.24. The molecule has 2 heterocycles. The van der Waals surface area contributed by atoms with Crippen LogP contribution in [-0.4, -0.2) is 31.5 Å². The fraction of sp³-hybridized carbons (Fsp3) is 0.391. The SMILES string of the molecule is NC(=O)c1cc(N2CCCCC2)ccc1NC(=O)CC1CCOc2ccccc21. The van der Waals surface area contributed by atoms with Gasteiger partial charge in [-0.1, -0.05) is 18.2 Å². The molecule has 2 aromatic carbocycles. The minimum absolute atomic E-state index is 0.101. The number of ether oxygens (including phenoxy) is 1. The summed E-state index contributed by atoms with van der Waals surface area (Å²) in [7, 11) is 0. The van der Waals surface area contributed by atoms with Crippen LogP contribution in [0.25, 0.3) is 0 Å². The van der Waals surface area contributed by atoms with E-state index in [1.54, 1.807) is 12.1 Å². The molecule has 2 aliphatic rings. The number of nitrogens with zero attached hydrogens (tertiary/aromatic N) is 1. The summed E-state index contributed by atoms with van der Waals surface area (Å²) in [5.41, 5.74) is 8.48. The Balaban J connectivity index is 1.48. The van der Waals surface area contributed by atoms with Crippen LogP contribution in [0.5, 0.6) is 5.75 Å². The molecule has 152 valence electrons. The number of benzene rings is 2. The topological polar surface area (TPSA) is 84.7 Å². The Kier molecular flexibility index (Phi) is 5.69. The minimum Gasteiger partial charge on any atom is -0.493 e. The average Bonchev–Trinajstić information content (AvgIpc) is 2.75. The molecule has 0 radical (unpaired) electrons. The van der Waals surface area contributed by atoms with Crippen molar-refractivity contribution in [1.29, 1.82) is 0 Å². The van der Waals surface area contributed by atoms with Crippen LogP contribution in [0.15, 0.2) is 42.5 Å². The molecule has 2 amide bonds. The zero-order chi connectivity index (χ0) is 20.2. The second-order valence-electron chi connectivity index (χ2n) is 7.77. The van der Waals surface area contributed by atoms with Crippen molar-refractivity contribution in [2.24, 2.45) is 5.73 Å². The molecular formula is C23H27N3O3. The number of anilines is 2. The van der Waals surface area contributed by atoms with Gasteiger partial charge in [-0.3, -0.25) is 9.59 Å². The predicted molar refractivity (Wildman–Crippen MR) is 114 cm³/mol. The highest BCUT2D eigenvalue weighted by molar-refractivity contribution is 6.04. The number of nitrogens with two attached hydrogens (primary N) is 1. The number of para-hydroxylation sites is 1. The summed E-state index contributed by atoms with van der Waals surface area (Å²) >= 11 is 0. The number of hydrogen-bond donors (Lipinski definition) is 2. The summed E-state index contributed by atoms with van der Waals surface area (Å²) in [6, 6.07) is 13.4. The van der Waals surface area contributed by atoms with Crippen molar-refractivity contribution < 1.29 is 14.3 Å². The molecule has 0 spiro atoms. The molecule has 1 unspecified atom stereocenters. The Morgan fingerprint density at radius 3 is 2.69 bits per heavy atom. The van der Waals surface area contributed by atoms with Gasteiger partial charge in [0, 0.05) is 25.2 Å². The largest absolute Gasteiger partial charge is 0.493 e. The van der Waals surface area contributed by atoms with E-state index in [4.69, 9.17) is 10.5 Å². The highest BCUT2D eigenvalue weighted by atomic mass is 16.5. The van der Waals surface area contributed by atoms with Crippen LogP contribution in [0.4, 0.5) is 11.4 Å². The van der Waals surface area contributed by atoms with E-state index >= 15 is 0 Å². The fourth-order valence-electron chi connectivity index (χ4n) is 4.25. The van der Waals surface area contributed by atoms with E-state index in [0.29, 0.717) is 24.3 Å². The Labute approximate surface area is 171 Å². The number of hydrogen-bond acceptors (Lipinski definition) is 4. The van der Waals surface area contributed by atoms with Crippen LogP contribution in [0.2, 0.25) is 0 Å². The van der Waals surface area contributed by atoms with Crippen molar-refractivity contribution in [2.75, 3.05) is 29.9 Å². The van der Waals surface area contributed by atoms with Crippen LogP contribution >= 0.6 is 0 Å². The zero-order valence-electron chi connectivity index (χ0n) is 16.5. The molecule has 0 aromatic heterocycles. The van der Waals surface area contributed by atoms with Gasteiger partial charge in [-0.15, -0.1) is 0 Å². The first-order valence-electron chi connectivity index (χ1n) is 10.3. The lowest BCUT2D eigenvalue weighted by molar-refractivity contribution is -0.116. The van der Waals surface area contributed by atoms with Crippen molar-refractivity contribution >= 4 is 23.2 Å². The second-order valence-corrected chi connectivity index (χ2v) is 7.77. The summed E-state index contributed by atoms with van der Waals surface area (Å²) < 4.78 is 5.68. The smallest absolute Gasteiger partial charge is 0.250 e. The van der Waals surface area contributed by atoms with Gasteiger partial charge in [-0.05, 0) is 61.4 Å². The molecule has 3 N–H and O–H groups in total. The second kappa shape index (κ2) is 8.55. The molecule has 29 heavy (non-hydrogen) atoms. The Morgan fingerprint density at radius 2 is 1.90 bits per heavy atom. The van der Waals surface area contributed by atoms with Crippen molar-refractivity contribution in [2.45, 2.75) is 38.0 Å². The molecule has 0 bridgehead atoms. The van der Waals surface area contributed by atoms with E-state index in [2.05, 4.69) is 10.2 Å². The summed E-state index contributed by atoms with van der Waals surface area (Å²) in [5, 5.41) is 2.90. The number of rotatable bonds is 5. The maximum atomic E-state index is 12.7.